The van der Waals surface area contributed by atoms with Crippen LogP contribution in [0.2, 0.25) is 10.0 Å². The molecule has 3 N–H and O–H groups in total. The summed E-state index contributed by atoms with van der Waals surface area (Å²) in [6.07, 6.45) is 0. The Morgan fingerprint density at radius 1 is 1.44 bits per heavy atom. The van der Waals surface area contributed by atoms with Gasteiger partial charge >= 0.3 is 0 Å². The van der Waals surface area contributed by atoms with Crippen LogP contribution < -0.4 is 5.73 Å². The third kappa shape index (κ3) is 2.86. The molecule has 7 heteroatoms. The van der Waals surface area contributed by atoms with Gasteiger partial charge in [-0.2, -0.15) is 0 Å². The Kier molecular flexibility index (Phi) is 4.81. The Bertz CT molecular complexity index is 471. The Morgan fingerprint density at radius 3 is 2.39 bits per heavy atom. The van der Waals surface area contributed by atoms with Crippen LogP contribution >= 0.6 is 23.2 Å². The summed E-state index contributed by atoms with van der Waals surface area (Å²) in [6, 6.07) is 4.22. The zero-order valence-electron chi connectivity index (χ0n) is 9.89. The fourth-order valence-electron chi connectivity index (χ4n) is 1.34. The number of hydrogen-bond acceptors (Lipinski definition) is 3. The second-order valence-corrected chi connectivity index (χ2v) is 4.53. The van der Waals surface area contributed by atoms with Crippen molar-refractivity contribution in [2.75, 3.05) is 7.05 Å². The predicted octanol–water partition coefficient (Wildman–Crippen LogP) is 2.20. The van der Waals surface area contributed by atoms with Gasteiger partial charge in [0.15, 0.2) is 5.84 Å². The van der Waals surface area contributed by atoms with Crippen molar-refractivity contribution in [2.45, 2.75) is 13.0 Å². The van der Waals surface area contributed by atoms with E-state index >= 15 is 0 Å². The monoisotopic (exact) mass is 289 g/mol. The van der Waals surface area contributed by atoms with Crippen molar-refractivity contribution in [3.05, 3.63) is 33.8 Å². The first kappa shape index (κ1) is 14.6. The fraction of sp³-hybridized carbons (Fsp3) is 0.273. The lowest BCUT2D eigenvalue weighted by molar-refractivity contribution is 0.0776. The Labute approximate surface area is 115 Å². The largest absolute Gasteiger partial charge is 0.409 e. The number of carbonyl (C=O) groups is 1. The summed E-state index contributed by atoms with van der Waals surface area (Å²) in [6.45, 7) is 1.62. The van der Waals surface area contributed by atoms with Crippen molar-refractivity contribution >= 4 is 34.9 Å². The molecule has 1 amide bonds. The van der Waals surface area contributed by atoms with Gasteiger partial charge in [0.2, 0.25) is 0 Å². The topological polar surface area (TPSA) is 78.9 Å². The van der Waals surface area contributed by atoms with Gasteiger partial charge in [0.05, 0.1) is 21.7 Å². The molecule has 1 aromatic rings. The van der Waals surface area contributed by atoms with Crippen LogP contribution in [0.3, 0.4) is 0 Å². The van der Waals surface area contributed by atoms with E-state index < -0.39 is 11.9 Å². The van der Waals surface area contributed by atoms with Crippen LogP contribution in [0.1, 0.15) is 17.3 Å². The zero-order chi connectivity index (χ0) is 13.9. The van der Waals surface area contributed by atoms with Crippen LogP contribution in [0.5, 0.6) is 0 Å². The number of amidine groups is 1. The minimum atomic E-state index is -0.574. The number of rotatable bonds is 3. The van der Waals surface area contributed by atoms with Gasteiger partial charge in [0, 0.05) is 7.05 Å². The fourth-order valence-corrected chi connectivity index (χ4v) is 1.90. The average molecular weight is 290 g/mol. The van der Waals surface area contributed by atoms with E-state index in [9.17, 15) is 4.79 Å². The predicted molar refractivity (Wildman–Crippen MR) is 71.4 cm³/mol. The van der Waals surface area contributed by atoms with E-state index in [0.717, 1.165) is 0 Å². The van der Waals surface area contributed by atoms with E-state index in [1.54, 1.807) is 25.1 Å². The average Bonchev–Trinajstić information content (AvgIpc) is 2.35. The standard InChI is InChI=1S/C11H13Cl2N3O2/c1-6(10(14)15-18)16(2)11(17)9-7(12)4-3-5-8(9)13/h3-6,18H,1-2H3,(H2,14,15). The number of hydrogen-bond donors (Lipinski definition) is 2. The molecule has 1 atom stereocenters. The Hall–Kier alpha value is -1.46. The molecule has 5 nitrogen and oxygen atoms in total. The van der Waals surface area contributed by atoms with Crippen LogP contribution in [-0.2, 0) is 0 Å². The van der Waals surface area contributed by atoms with Crippen LogP contribution in [0.25, 0.3) is 0 Å². The van der Waals surface area contributed by atoms with Gasteiger partial charge in [-0.25, -0.2) is 0 Å². The highest BCUT2D eigenvalue weighted by molar-refractivity contribution is 6.39. The molecule has 0 spiro atoms. The lowest BCUT2D eigenvalue weighted by atomic mass is 10.1. The SMILES string of the molecule is CC(C(N)=NO)N(C)C(=O)c1c(Cl)cccc1Cl. The smallest absolute Gasteiger partial charge is 0.257 e. The van der Waals surface area contributed by atoms with Crippen molar-refractivity contribution in [1.29, 1.82) is 0 Å². The summed E-state index contributed by atoms with van der Waals surface area (Å²) in [7, 11) is 1.52. The first-order chi connectivity index (χ1) is 8.40. The van der Waals surface area contributed by atoms with E-state index in [1.165, 1.54) is 11.9 Å². The third-order valence-electron chi connectivity index (χ3n) is 2.62. The number of likely N-dealkylation sites (N-methyl/N-ethyl adjacent to an activating group) is 1. The first-order valence-corrected chi connectivity index (χ1v) is 5.84. The van der Waals surface area contributed by atoms with E-state index in [2.05, 4.69) is 5.16 Å². The number of oxime groups is 1. The van der Waals surface area contributed by atoms with Crippen molar-refractivity contribution in [3.8, 4) is 0 Å². The number of benzene rings is 1. The lowest BCUT2D eigenvalue weighted by Gasteiger charge is -2.24. The minimum absolute atomic E-state index is 0.0750. The molecule has 0 heterocycles. The van der Waals surface area contributed by atoms with E-state index in [1.807, 2.05) is 0 Å². The van der Waals surface area contributed by atoms with E-state index in [4.69, 9.17) is 34.1 Å². The van der Waals surface area contributed by atoms with Crippen molar-refractivity contribution in [1.82, 2.24) is 4.90 Å². The van der Waals surface area contributed by atoms with Crippen molar-refractivity contribution in [2.24, 2.45) is 10.9 Å². The molecule has 98 valence electrons. The number of nitrogens with two attached hydrogens (primary N) is 1. The Balaban J connectivity index is 3.08. The van der Waals surface area contributed by atoms with Gasteiger partial charge in [0.25, 0.3) is 5.91 Å². The molecule has 1 unspecified atom stereocenters. The summed E-state index contributed by atoms with van der Waals surface area (Å²) in [5, 5.41) is 12.0. The van der Waals surface area contributed by atoms with Crippen LogP contribution in [0.15, 0.2) is 23.4 Å². The lowest BCUT2D eigenvalue weighted by Crippen LogP contribution is -2.44. The maximum Gasteiger partial charge on any atom is 0.257 e. The van der Waals surface area contributed by atoms with Gasteiger partial charge < -0.3 is 15.8 Å². The first-order valence-electron chi connectivity index (χ1n) is 5.08. The molecule has 0 aliphatic rings. The van der Waals surface area contributed by atoms with Crippen LogP contribution in [-0.4, -0.2) is 34.9 Å². The van der Waals surface area contributed by atoms with Gasteiger partial charge in [-0.15, -0.1) is 0 Å². The normalized spacial score (nSPS) is 13.2. The highest BCUT2D eigenvalue weighted by Crippen LogP contribution is 2.25. The van der Waals surface area contributed by atoms with Gasteiger partial charge in [-0.05, 0) is 19.1 Å². The molecule has 0 saturated carbocycles. The molecule has 1 rings (SSSR count). The van der Waals surface area contributed by atoms with E-state index in [0.29, 0.717) is 0 Å². The molecule has 18 heavy (non-hydrogen) atoms. The second kappa shape index (κ2) is 5.93. The molecular formula is C11H13Cl2N3O2. The quantitative estimate of drug-likeness (QED) is 0.387. The summed E-state index contributed by atoms with van der Waals surface area (Å²) in [5.41, 5.74) is 5.64. The number of nitrogens with zero attached hydrogens (tertiary/aromatic N) is 2. The Morgan fingerprint density at radius 2 is 1.94 bits per heavy atom. The molecule has 0 fully saturated rings. The second-order valence-electron chi connectivity index (χ2n) is 3.71. The molecule has 0 saturated heterocycles. The van der Waals surface area contributed by atoms with Crippen molar-refractivity contribution < 1.29 is 10.0 Å². The number of carbonyl (C=O) groups excluding carboxylic acids is 1. The third-order valence-corrected chi connectivity index (χ3v) is 3.25. The van der Waals surface area contributed by atoms with Crippen LogP contribution in [0, 0.1) is 0 Å². The van der Waals surface area contributed by atoms with Gasteiger partial charge in [-0.1, -0.05) is 34.4 Å². The molecule has 0 radical (unpaired) electrons. The highest BCUT2D eigenvalue weighted by Gasteiger charge is 2.24. The number of halogens is 2. The zero-order valence-corrected chi connectivity index (χ0v) is 11.4. The molecule has 0 bridgehead atoms. The maximum atomic E-state index is 12.2. The van der Waals surface area contributed by atoms with Crippen molar-refractivity contribution in [3.63, 3.8) is 0 Å². The minimum Gasteiger partial charge on any atom is -0.409 e. The molecule has 0 aliphatic heterocycles. The maximum absolute atomic E-state index is 12.2. The highest BCUT2D eigenvalue weighted by atomic mass is 35.5. The molecule has 1 aromatic carbocycles. The van der Waals surface area contributed by atoms with E-state index in [-0.39, 0.29) is 21.4 Å². The summed E-state index contributed by atoms with van der Waals surface area (Å²) >= 11 is 11.9. The number of amides is 1. The molecular weight excluding hydrogens is 277 g/mol. The van der Waals surface area contributed by atoms with Gasteiger partial charge in [0.1, 0.15) is 0 Å². The summed E-state index contributed by atoms with van der Waals surface area (Å²) < 4.78 is 0. The molecule has 0 aliphatic carbocycles. The summed E-state index contributed by atoms with van der Waals surface area (Å²) in [5.74, 6) is -0.473. The summed E-state index contributed by atoms with van der Waals surface area (Å²) in [4.78, 5) is 13.5. The van der Waals surface area contributed by atoms with Crippen LogP contribution in [0.4, 0.5) is 0 Å². The van der Waals surface area contributed by atoms with Gasteiger partial charge in [-0.3, -0.25) is 4.79 Å². The molecule has 0 aromatic heterocycles.